The Morgan fingerprint density at radius 3 is 2.39 bits per heavy atom. The molecule has 0 spiro atoms. The number of amides is 1. The Morgan fingerprint density at radius 1 is 1.00 bits per heavy atom. The van der Waals surface area contributed by atoms with E-state index in [1.165, 1.54) is 30.5 Å². The first kappa shape index (κ1) is 20.0. The van der Waals surface area contributed by atoms with E-state index >= 15 is 0 Å². The first-order chi connectivity index (χ1) is 15.0. The Kier molecular flexibility index (Phi) is 5.32. The van der Waals surface area contributed by atoms with Gasteiger partial charge < -0.3 is 10.1 Å². The lowest BCUT2D eigenvalue weighted by atomic mass is 10.0. The summed E-state index contributed by atoms with van der Waals surface area (Å²) in [5, 5.41) is 4.08. The van der Waals surface area contributed by atoms with Crippen LogP contribution in [0.4, 0.5) is 10.1 Å². The van der Waals surface area contributed by atoms with Crippen LogP contribution >= 0.6 is 0 Å². The zero-order valence-corrected chi connectivity index (χ0v) is 16.7. The molecular formula is C24H19FN4O2. The summed E-state index contributed by atoms with van der Waals surface area (Å²) in [6.07, 6.45) is 3.30. The fraction of sp³-hybridized carbons (Fsp3) is 0.0417. The van der Waals surface area contributed by atoms with Crippen LogP contribution in [0.3, 0.4) is 0 Å². The van der Waals surface area contributed by atoms with Crippen LogP contribution in [0.2, 0.25) is 0 Å². The first-order valence-electron chi connectivity index (χ1n) is 9.54. The number of aromatic nitrogens is 1. The van der Waals surface area contributed by atoms with Crippen LogP contribution in [0.25, 0.3) is 5.52 Å². The number of rotatable bonds is 5. The molecule has 154 valence electrons. The number of carbonyl (C=O) groups excluding carboxylic acids is 2. The number of anilines is 1. The lowest BCUT2D eigenvalue weighted by molar-refractivity contribution is 0.0954. The second kappa shape index (κ2) is 8.23. The molecule has 0 atom stereocenters. The van der Waals surface area contributed by atoms with Gasteiger partial charge in [0.25, 0.3) is 5.91 Å². The van der Waals surface area contributed by atoms with E-state index in [0.717, 1.165) is 5.52 Å². The van der Waals surface area contributed by atoms with Gasteiger partial charge in [0, 0.05) is 28.6 Å². The molecule has 0 radical (unpaired) electrons. The summed E-state index contributed by atoms with van der Waals surface area (Å²) in [6, 6.07) is 17.5. The maximum absolute atomic E-state index is 13.3. The number of carbonyl (C=O) groups is 2. The molecule has 4 aromatic rings. The fourth-order valence-electron chi connectivity index (χ4n) is 3.39. The second-order valence-electron chi connectivity index (χ2n) is 7.00. The average molecular weight is 414 g/mol. The normalized spacial score (nSPS) is 11.2. The highest BCUT2D eigenvalue weighted by molar-refractivity contribution is 6.12. The van der Waals surface area contributed by atoms with Crippen molar-refractivity contribution in [3.63, 3.8) is 0 Å². The summed E-state index contributed by atoms with van der Waals surface area (Å²) in [5.41, 5.74) is 12.1. The average Bonchev–Trinajstić information content (AvgIpc) is 3.05. The van der Waals surface area contributed by atoms with Crippen molar-refractivity contribution < 1.29 is 14.0 Å². The second-order valence-corrected chi connectivity index (χ2v) is 7.00. The molecule has 0 unspecified atom stereocenters. The van der Waals surface area contributed by atoms with Crippen LogP contribution in [0.5, 0.6) is 0 Å². The van der Waals surface area contributed by atoms with E-state index < -0.39 is 5.82 Å². The lowest BCUT2D eigenvalue weighted by Crippen LogP contribution is -2.17. The fourth-order valence-corrected chi connectivity index (χ4v) is 3.39. The minimum Gasteiger partial charge on any atom is -0.399 e. The third-order valence-corrected chi connectivity index (χ3v) is 4.99. The molecule has 2 heterocycles. The van der Waals surface area contributed by atoms with Gasteiger partial charge in [0.05, 0.1) is 17.4 Å². The number of nitrogens with two attached hydrogens (primary N) is 1. The summed E-state index contributed by atoms with van der Waals surface area (Å²) >= 11 is 0. The van der Waals surface area contributed by atoms with E-state index in [2.05, 4.69) is 10.5 Å². The minimum absolute atomic E-state index is 0.232. The maximum Gasteiger partial charge on any atom is 0.271 e. The molecule has 0 saturated heterocycles. The minimum atomic E-state index is -0.405. The number of benzene rings is 2. The summed E-state index contributed by atoms with van der Waals surface area (Å²) < 4.78 is 15.0. The molecule has 0 aliphatic rings. The summed E-state index contributed by atoms with van der Waals surface area (Å²) in [6.45, 7) is 1.81. The number of nitrogens with zero attached hydrogens (tertiary/aromatic N) is 2. The van der Waals surface area contributed by atoms with Gasteiger partial charge >= 0.3 is 0 Å². The SMILES string of the molecule is Cc1c(C=NNC(=O)c2ccc(N)cc2)c2ccccn2c1C(=O)c1ccc(F)cc1. The lowest BCUT2D eigenvalue weighted by Gasteiger charge is -2.04. The molecule has 0 fully saturated rings. The van der Waals surface area contributed by atoms with Crippen LogP contribution in [0.1, 0.15) is 37.5 Å². The number of ketones is 1. The molecule has 2 aromatic heterocycles. The number of fused-ring (bicyclic) bond motifs is 1. The molecular weight excluding hydrogens is 395 g/mol. The van der Waals surface area contributed by atoms with Gasteiger partial charge in [-0.2, -0.15) is 5.10 Å². The van der Waals surface area contributed by atoms with Gasteiger partial charge in [0.2, 0.25) is 5.78 Å². The predicted molar refractivity (Wildman–Crippen MR) is 118 cm³/mol. The van der Waals surface area contributed by atoms with E-state index in [-0.39, 0.29) is 11.7 Å². The van der Waals surface area contributed by atoms with E-state index in [4.69, 9.17) is 5.73 Å². The zero-order chi connectivity index (χ0) is 22.0. The Hall–Kier alpha value is -4.26. The van der Waals surface area contributed by atoms with Gasteiger partial charge in [-0.1, -0.05) is 6.07 Å². The van der Waals surface area contributed by atoms with Crippen LogP contribution in [0.15, 0.2) is 78.0 Å². The Balaban J connectivity index is 1.67. The highest BCUT2D eigenvalue weighted by Crippen LogP contribution is 2.24. The Morgan fingerprint density at radius 2 is 1.68 bits per heavy atom. The number of hydrogen-bond acceptors (Lipinski definition) is 4. The first-order valence-corrected chi connectivity index (χ1v) is 9.54. The maximum atomic E-state index is 13.3. The molecule has 6 nitrogen and oxygen atoms in total. The van der Waals surface area contributed by atoms with Gasteiger partial charge in [-0.3, -0.25) is 9.59 Å². The zero-order valence-electron chi connectivity index (χ0n) is 16.7. The van der Waals surface area contributed by atoms with Crippen molar-refractivity contribution in [3.05, 3.63) is 107 Å². The molecule has 31 heavy (non-hydrogen) atoms. The standard InChI is InChI=1S/C24H19FN4O2/c1-15-20(14-27-28-24(31)17-7-11-19(26)12-8-17)21-4-2-3-13-29(21)22(15)23(30)16-5-9-18(25)10-6-16/h2-14H,26H2,1H3,(H,28,31). The Labute approximate surface area is 177 Å². The monoisotopic (exact) mass is 414 g/mol. The molecule has 2 aromatic carbocycles. The molecule has 0 saturated carbocycles. The van der Waals surface area contributed by atoms with Crippen molar-refractivity contribution in [1.82, 2.24) is 9.83 Å². The van der Waals surface area contributed by atoms with Gasteiger partial charge in [0.1, 0.15) is 5.82 Å². The third-order valence-electron chi connectivity index (χ3n) is 4.99. The van der Waals surface area contributed by atoms with Crippen molar-refractivity contribution in [3.8, 4) is 0 Å². The molecule has 3 N–H and O–H groups in total. The van der Waals surface area contributed by atoms with Gasteiger partial charge in [-0.15, -0.1) is 0 Å². The number of nitrogen functional groups attached to an aromatic ring is 1. The number of nitrogens with one attached hydrogen (secondary N) is 1. The van der Waals surface area contributed by atoms with Crippen molar-refractivity contribution >= 4 is 29.1 Å². The smallest absolute Gasteiger partial charge is 0.271 e. The summed E-state index contributed by atoms with van der Waals surface area (Å²) in [4.78, 5) is 25.4. The highest BCUT2D eigenvalue weighted by atomic mass is 19.1. The van der Waals surface area contributed by atoms with Gasteiger partial charge in [-0.25, -0.2) is 9.82 Å². The van der Waals surface area contributed by atoms with Crippen LogP contribution < -0.4 is 11.2 Å². The van der Waals surface area contributed by atoms with Crippen LogP contribution in [0, 0.1) is 12.7 Å². The van der Waals surface area contributed by atoms with E-state index in [1.807, 2.05) is 25.1 Å². The molecule has 0 bridgehead atoms. The van der Waals surface area contributed by atoms with E-state index in [0.29, 0.717) is 33.6 Å². The molecule has 0 aliphatic carbocycles. The van der Waals surface area contributed by atoms with E-state index in [9.17, 15) is 14.0 Å². The number of halogens is 1. The van der Waals surface area contributed by atoms with Crippen molar-refractivity contribution in [1.29, 1.82) is 0 Å². The topological polar surface area (TPSA) is 89.0 Å². The predicted octanol–water partition coefficient (Wildman–Crippen LogP) is 3.96. The molecule has 7 heteroatoms. The van der Waals surface area contributed by atoms with Crippen LogP contribution in [-0.4, -0.2) is 22.3 Å². The van der Waals surface area contributed by atoms with Crippen molar-refractivity contribution in [2.45, 2.75) is 6.92 Å². The van der Waals surface area contributed by atoms with E-state index in [1.54, 1.807) is 34.9 Å². The number of hydrogen-bond donors (Lipinski definition) is 2. The Bertz CT molecular complexity index is 1310. The number of hydrazone groups is 1. The highest BCUT2D eigenvalue weighted by Gasteiger charge is 2.21. The third kappa shape index (κ3) is 3.93. The van der Waals surface area contributed by atoms with Crippen molar-refractivity contribution in [2.24, 2.45) is 5.10 Å². The van der Waals surface area contributed by atoms with Crippen LogP contribution in [-0.2, 0) is 0 Å². The molecule has 1 amide bonds. The number of pyridine rings is 1. The van der Waals surface area contributed by atoms with Gasteiger partial charge in [0.15, 0.2) is 0 Å². The molecule has 0 aliphatic heterocycles. The summed E-state index contributed by atoms with van der Waals surface area (Å²) in [5.74, 6) is -1.01. The van der Waals surface area contributed by atoms with Gasteiger partial charge in [-0.05, 0) is 73.2 Å². The molecule has 4 rings (SSSR count). The van der Waals surface area contributed by atoms with Crippen molar-refractivity contribution in [2.75, 3.05) is 5.73 Å². The quantitative estimate of drug-likeness (QED) is 0.224. The largest absolute Gasteiger partial charge is 0.399 e. The summed E-state index contributed by atoms with van der Waals surface area (Å²) in [7, 11) is 0.